The topological polar surface area (TPSA) is 43.4 Å². The minimum Gasteiger partial charge on any atom is -0.426 e. The molecule has 0 fully saturated rings. The van der Waals surface area contributed by atoms with Crippen LogP contribution in [-0.4, -0.2) is 11.8 Å². The molecule has 0 N–H and O–H groups in total. The molecular formula is C16H12O3. The van der Waals surface area contributed by atoms with E-state index >= 15 is 0 Å². The van der Waals surface area contributed by atoms with Crippen molar-refractivity contribution in [3.8, 4) is 5.75 Å². The van der Waals surface area contributed by atoms with E-state index in [-0.39, 0.29) is 5.78 Å². The first kappa shape index (κ1) is 11.7. The molecule has 0 saturated carbocycles. The number of fused-ring (bicyclic) bond motifs is 1. The largest absolute Gasteiger partial charge is 0.426 e. The zero-order valence-electron chi connectivity index (χ0n) is 10.2. The van der Waals surface area contributed by atoms with Gasteiger partial charge in [-0.3, -0.25) is 9.59 Å². The van der Waals surface area contributed by atoms with Crippen LogP contribution in [-0.2, 0) is 11.2 Å². The molecule has 0 unspecified atom stereocenters. The van der Waals surface area contributed by atoms with Gasteiger partial charge >= 0.3 is 5.97 Å². The fraction of sp³-hybridized carbons (Fsp3) is 0.125. The fourth-order valence-electron chi connectivity index (χ4n) is 2.26. The number of para-hydroxylation sites is 1. The van der Waals surface area contributed by atoms with Gasteiger partial charge < -0.3 is 4.74 Å². The van der Waals surface area contributed by atoms with Gasteiger partial charge in [0.05, 0.1) is 0 Å². The molecular weight excluding hydrogens is 240 g/mol. The van der Waals surface area contributed by atoms with Gasteiger partial charge in [0.1, 0.15) is 11.7 Å². The SMILES string of the molecule is O=C1Oc2ccccc2C[C@@H]1C(=O)c1ccccc1. The highest BCUT2D eigenvalue weighted by Gasteiger charge is 2.34. The molecule has 1 atom stereocenters. The number of esters is 1. The molecule has 0 radical (unpaired) electrons. The summed E-state index contributed by atoms with van der Waals surface area (Å²) in [4.78, 5) is 24.2. The van der Waals surface area contributed by atoms with Crippen LogP contribution in [0.5, 0.6) is 5.75 Å². The highest BCUT2D eigenvalue weighted by atomic mass is 16.5. The monoisotopic (exact) mass is 252 g/mol. The van der Waals surface area contributed by atoms with Crippen LogP contribution < -0.4 is 4.74 Å². The molecule has 1 aliphatic rings. The van der Waals surface area contributed by atoms with Crippen molar-refractivity contribution < 1.29 is 14.3 Å². The van der Waals surface area contributed by atoms with E-state index in [9.17, 15) is 9.59 Å². The van der Waals surface area contributed by atoms with E-state index in [1.807, 2.05) is 24.3 Å². The lowest BCUT2D eigenvalue weighted by Crippen LogP contribution is -2.33. The lowest BCUT2D eigenvalue weighted by molar-refractivity contribution is -0.138. The number of benzene rings is 2. The lowest BCUT2D eigenvalue weighted by Gasteiger charge is -2.22. The first-order chi connectivity index (χ1) is 9.25. The Morgan fingerprint density at radius 1 is 1.00 bits per heavy atom. The molecule has 1 heterocycles. The number of ketones is 1. The number of hydrogen-bond donors (Lipinski definition) is 0. The second-order valence-corrected chi connectivity index (χ2v) is 4.52. The Balaban J connectivity index is 1.91. The first-order valence-electron chi connectivity index (χ1n) is 6.14. The van der Waals surface area contributed by atoms with Gasteiger partial charge in [-0.1, -0.05) is 48.5 Å². The van der Waals surface area contributed by atoms with Gasteiger partial charge in [0.25, 0.3) is 0 Å². The Hall–Kier alpha value is -2.42. The summed E-state index contributed by atoms with van der Waals surface area (Å²) < 4.78 is 5.23. The normalized spacial score (nSPS) is 17.5. The van der Waals surface area contributed by atoms with Gasteiger partial charge in [-0.15, -0.1) is 0 Å². The summed E-state index contributed by atoms with van der Waals surface area (Å²) in [6, 6.07) is 16.2. The number of hydrogen-bond acceptors (Lipinski definition) is 3. The molecule has 0 spiro atoms. The van der Waals surface area contributed by atoms with Crippen molar-refractivity contribution in [2.24, 2.45) is 5.92 Å². The molecule has 0 saturated heterocycles. The molecule has 1 aliphatic heterocycles. The van der Waals surface area contributed by atoms with Crippen LogP contribution in [0.4, 0.5) is 0 Å². The van der Waals surface area contributed by atoms with Crippen LogP contribution in [0.15, 0.2) is 54.6 Å². The highest BCUT2D eigenvalue weighted by molar-refractivity contribution is 6.09. The van der Waals surface area contributed by atoms with Crippen LogP contribution in [0.2, 0.25) is 0 Å². The van der Waals surface area contributed by atoms with Crippen molar-refractivity contribution in [1.82, 2.24) is 0 Å². The lowest BCUT2D eigenvalue weighted by atomic mass is 9.89. The van der Waals surface area contributed by atoms with Crippen molar-refractivity contribution in [1.29, 1.82) is 0 Å². The summed E-state index contributed by atoms with van der Waals surface area (Å²) in [5, 5.41) is 0. The minimum atomic E-state index is -0.739. The van der Waals surface area contributed by atoms with E-state index in [2.05, 4.69) is 0 Å². The maximum atomic E-state index is 12.3. The Kier molecular flexibility index (Phi) is 2.88. The van der Waals surface area contributed by atoms with Gasteiger partial charge in [0.2, 0.25) is 0 Å². The molecule has 94 valence electrons. The molecule has 2 aromatic carbocycles. The molecule has 19 heavy (non-hydrogen) atoms. The van der Waals surface area contributed by atoms with Crippen molar-refractivity contribution >= 4 is 11.8 Å². The Bertz CT molecular complexity index is 631. The van der Waals surface area contributed by atoms with E-state index < -0.39 is 11.9 Å². The molecule has 0 aliphatic carbocycles. The second kappa shape index (κ2) is 4.69. The molecule has 0 amide bonds. The van der Waals surface area contributed by atoms with Gasteiger partial charge in [0, 0.05) is 5.56 Å². The van der Waals surface area contributed by atoms with Crippen molar-refractivity contribution in [2.45, 2.75) is 6.42 Å². The number of carbonyl (C=O) groups is 2. The Labute approximate surface area is 110 Å². The highest BCUT2D eigenvalue weighted by Crippen LogP contribution is 2.29. The molecule has 0 bridgehead atoms. The van der Waals surface area contributed by atoms with Crippen LogP contribution in [0.1, 0.15) is 15.9 Å². The zero-order valence-corrected chi connectivity index (χ0v) is 10.2. The van der Waals surface area contributed by atoms with E-state index in [4.69, 9.17) is 4.74 Å². The van der Waals surface area contributed by atoms with Crippen molar-refractivity contribution in [2.75, 3.05) is 0 Å². The van der Waals surface area contributed by atoms with Crippen LogP contribution in [0.3, 0.4) is 0 Å². The summed E-state index contributed by atoms with van der Waals surface area (Å²) in [7, 11) is 0. The standard InChI is InChI=1S/C16H12O3/c17-15(11-6-2-1-3-7-11)13-10-12-8-4-5-9-14(12)19-16(13)18/h1-9,13H,10H2/t13-/m1/s1. The van der Waals surface area contributed by atoms with Crippen LogP contribution in [0.25, 0.3) is 0 Å². The van der Waals surface area contributed by atoms with E-state index in [1.165, 1.54) is 0 Å². The number of rotatable bonds is 2. The van der Waals surface area contributed by atoms with Crippen molar-refractivity contribution in [3.05, 3.63) is 65.7 Å². The molecule has 2 aromatic rings. The van der Waals surface area contributed by atoms with E-state index in [1.54, 1.807) is 30.3 Å². The average molecular weight is 252 g/mol. The Morgan fingerprint density at radius 3 is 2.47 bits per heavy atom. The first-order valence-corrected chi connectivity index (χ1v) is 6.14. The number of ether oxygens (including phenoxy) is 1. The van der Waals surface area contributed by atoms with Gasteiger partial charge in [-0.2, -0.15) is 0 Å². The zero-order chi connectivity index (χ0) is 13.2. The third kappa shape index (κ3) is 2.15. The fourth-order valence-corrected chi connectivity index (χ4v) is 2.26. The third-order valence-electron chi connectivity index (χ3n) is 3.27. The van der Waals surface area contributed by atoms with Gasteiger partial charge in [-0.25, -0.2) is 0 Å². The molecule has 0 aromatic heterocycles. The van der Waals surface area contributed by atoms with Crippen LogP contribution in [0, 0.1) is 5.92 Å². The summed E-state index contributed by atoms with van der Waals surface area (Å²) in [5.74, 6) is -0.824. The van der Waals surface area contributed by atoms with Crippen LogP contribution >= 0.6 is 0 Å². The minimum absolute atomic E-state index is 0.180. The van der Waals surface area contributed by atoms with Crippen molar-refractivity contribution in [3.63, 3.8) is 0 Å². The average Bonchev–Trinajstić information content (AvgIpc) is 2.47. The van der Waals surface area contributed by atoms with Gasteiger partial charge in [0.15, 0.2) is 5.78 Å². The molecule has 3 nitrogen and oxygen atoms in total. The summed E-state index contributed by atoms with van der Waals surface area (Å²) in [5.41, 5.74) is 1.44. The van der Waals surface area contributed by atoms with E-state index in [0.29, 0.717) is 17.7 Å². The quantitative estimate of drug-likeness (QED) is 0.357. The van der Waals surface area contributed by atoms with E-state index in [0.717, 1.165) is 5.56 Å². The second-order valence-electron chi connectivity index (χ2n) is 4.52. The Morgan fingerprint density at radius 2 is 1.68 bits per heavy atom. The summed E-state index contributed by atoms with van der Waals surface area (Å²) >= 11 is 0. The predicted octanol–water partition coefficient (Wildman–Crippen LogP) is 2.65. The summed E-state index contributed by atoms with van der Waals surface area (Å²) in [6.45, 7) is 0. The molecule has 3 rings (SSSR count). The number of carbonyl (C=O) groups excluding carboxylic acids is 2. The molecule has 3 heteroatoms. The third-order valence-corrected chi connectivity index (χ3v) is 3.27. The summed E-state index contributed by atoms with van der Waals surface area (Å²) in [6.07, 6.45) is 0.405. The predicted molar refractivity (Wildman–Crippen MR) is 70.0 cm³/mol. The number of Topliss-reactive ketones (excluding diaryl/α,β-unsaturated/α-hetero) is 1. The smallest absolute Gasteiger partial charge is 0.322 e. The maximum absolute atomic E-state index is 12.3. The maximum Gasteiger partial charge on any atom is 0.322 e. The van der Waals surface area contributed by atoms with Gasteiger partial charge in [-0.05, 0) is 18.1 Å².